The molecule has 7 heteroatoms. The molecule has 1 aliphatic heterocycles. The molecule has 0 saturated carbocycles. The maximum Gasteiger partial charge on any atom is 0.417 e. The van der Waals surface area contributed by atoms with E-state index in [1.807, 2.05) is 0 Å². The summed E-state index contributed by atoms with van der Waals surface area (Å²) in [5, 5.41) is 0.224. The summed E-state index contributed by atoms with van der Waals surface area (Å²) in [5.74, 6) is -0.907. The first-order chi connectivity index (χ1) is 11.1. The van der Waals surface area contributed by atoms with Gasteiger partial charge in [-0.05, 0) is 51.3 Å². The Morgan fingerprint density at radius 3 is 2.67 bits per heavy atom. The quantitative estimate of drug-likeness (QED) is 0.792. The highest BCUT2D eigenvalue weighted by Gasteiger charge is 2.38. The normalized spacial score (nSPS) is 18.4. The molecule has 24 heavy (non-hydrogen) atoms. The van der Waals surface area contributed by atoms with Crippen molar-refractivity contribution in [2.45, 2.75) is 45.6 Å². The lowest BCUT2D eigenvalue weighted by Gasteiger charge is -2.23. The Morgan fingerprint density at radius 1 is 1.42 bits per heavy atom. The van der Waals surface area contributed by atoms with Crippen LogP contribution < -0.4 is 0 Å². The van der Waals surface area contributed by atoms with Crippen molar-refractivity contribution in [2.75, 3.05) is 6.54 Å². The molecule has 132 valence electrons. The highest BCUT2D eigenvalue weighted by molar-refractivity contribution is 6.30. The van der Waals surface area contributed by atoms with Crippen molar-refractivity contribution in [3.05, 3.63) is 34.3 Å². The molecule has 0 aromatic heterocycles. The number of alkyl halides is 2. The smallest absolute Gasteiger partial charge is 0.417 e. The topological polar surface area (TPSA) is 46.6 Å². The fourth-order valence-corrected chi connectivity index (χ4v) is 2.83. The zero-order chi connectivity index (χ0) is 18.1. The first-order valence-corrected chi connectivity index (χ1v) is 8.07. The van der Waals surface area contributed by atoms with Gasteiger partial charge < -0.3 is 4.74 Å². The molecule has 1 atom stereocenters. The fourth-order valence-electron chi connectivity index (χ4n) is 2.65. The van der Waals surface area contributed by atoms with E-state index < -0.39 is 24.0 Å². The standard InChI is InChI=1S/C17H20ClF2NO3/c1-17(2,3)24-16(23)21-7-6-11(15(21)22)8-10-4-5-12(18)9-13(10)14(19)20/h4-5,9,11,14H,6-8H2,1-3H3. The molecule has 1 aliphatic rings. The highest BCUT2D eigenvalue weighted by Crippen LogP contribution is 2.31. The summed E-state index contributed by atoms with van der Waals surface area (Å²) < 4.78 is 31.5. The third kappa shape index (κ3) is 4.44. The zero-order valence-corrected chi connectivity index (χ0v) is 14.6. The van der Waals surface area contributed by atoms with Crippen LogP contribution in [0.25, 0.3) is 0 Å². The molecular formula is C17H20ClF2NO3. The van der Waals surface area contributed by atoms with Crippen molar-refractivity contribution in [3.63, 3.8) is 0 Å². The van der Waals surface area contributed by atoms with Gasteiger partial charge in [-0.15, -0.1) is 0 Å². The van der Waals surface area contributed by atoms with Crippen LogP contribution in [0.4, 0.5) is 13.6 Å². The van der Waals surface area contributed by atoms with E-state index in [2.05, 4.69) is 0 Å². The number of nitrogens with zero attached hydrogens (tertiary/aromatic N) is 1. The predicted octanol–water partition coefficient (Wildman–Crippen LogP) is 4.60. The summed E-state index contributed by atoms with van der Waals surface area (Å²) in [6.07, 6.45) is -2.80. The second-order valence-corrected chi connectivity index (χ2v) is 7.24. The third-order valence-corrected chi connectivity index (χ3v) is 3.97. The largest absolute Gasteiger partial charge is 0.443 e. The number of carbonyl (C=O) groups is 2. The number of imide groups is 1. The van der Waals surface area contributed by atoms with Gasteiger partial charge in [-0.1, -0.05) is 17.7 Å². The number of likely N-dealkylation sites (tertiary alicyclic amines) is 1. The van der Waals surface area contributed by atoms with Crippen LogP contribution in [0.1, 0.15) is 44.7 Å². The number of amides is 2. The van der Waals surface area contributed by atoms with E-state index in [-0.39, 0.29) is 29.5 Å². The van der Waals surface area contributed by atoms with Gasteiger partial charge in [0.25, 0.3) is 6.43 Å². The lowest BCUT2D eigenvalue weighted by molar-refractivity contribution is -0.130. The molecule has 2 rings (SSSR count). The average molecular weight is 360 g/mol. The minimum absolute atomic E-state index is 0.148. The Balaban J connectivity index is 2.11. The summed E-state index contributed by atoms with van der Waals surface area (Å²) in [7, 11) is 0. The number of hydrogen-bond donors (Lipinski definition) is 0. The molecular weight excluding hydrogens is 340 g/mol. The molecule has 0 aliphatic carbocycles. The van der Waals surface area contributed by atoms with Crippen molar-refractivity contribution in [2.24, 2.45) is 5.92 Å². The molecule has 1 aromatic rings. The van der Waals surface area contributed by atoms with Crippen LogP contribution in [0, 0.1) is 5.92 Å². The van der Waals surface area contributed by atoms with Crippen molar-refractivity contribution < 1.29 is 23.1 Å². The SMILES string of the molecule is CC(C)(C)OC(=O)N1CCC(Cc2ccc(Cl)cc2C(F)F)C1=O. The fraction of sp³-hybridized carbons (Fsp3) is 0.529. The van der Waals surface area contributed by atoms with Gasteiger partial charge in [-0.25, -0.2) is 18.5 Å². The Kier molecular flexibility index (Phi) is 5.48. The summed E-state index contributed by atoms with van der Waals surface area (Å²) in [4.78, 5) is 25.5. The molecule has 1 unspecified atom stereocenters. The van der Waals surface area contributed by atoms with E-state index in [0.29, 0.717) is 12.0 Å². The van der Waals surface area contributed by atoms with Gasteiger partial charge in [0.1, 0.15) is 5.60 Å². The van der Waals surface area contributed by atoms with Gasteiger partial charge >= 0.3 is 6.09 Å². The van der Waals surface area contributed by atoms with E-state index in [4.69, 9.17) is 16.3 Å². The maximum atomic E-state index is 13.1. The first kappa shape index (κ1) is 18.6. The lowest BCUT2D eigenvalue weighted by Crippen LogP contribution is -2.38. The van der Waals surface area contributed by atoms with Gasteiger partial charge in [0.05, 0.1) is 0 Å². The molecule has 2 amide bonds. The minimum Gasteiger partial charge on any atom is -0.443 e. The summed E-state index contributed by atoms with van der Waals surface area (Å²) in [6, 6.07) is 4.24. The zero-order valence-electron chi connectivity index (χ0n) is 13.8. The molecule has 1 heterocycles. The number of hydrogen-bond acceptors (Lipinski definition) is 3. The van der Waals surface area contributed by atoms with Gasteiger partial charge in [0.15, 0.2) is 0 Å². The lowest BCUT2D eigenvalue weighted by atomic mass is 9.94. The molecule has 1 saturated heterocycles. The molecule has 1 fully saturated rings. The van der Waals surface area contributed by atoms with E-state index in [1.165, 1.54) is 18.2 Å². The number of halogens is 3. The number of rotatable bonds is 3. The summed E-state index contributed by atoms with van der Waals surface area (Å²) in [5.41, 5.74) is -0.501. The van der Waals surface area contributed by atoms with Gasteiger partial charge in [-0.2, -0.15) is 0 Å². The van der Waals surface area contributed by atoms with Crippen LogP contribution in [0.2, 0.25) is 5.02 Å². The van der Waals surface area contributed by atoms with Crippen LogP contribution in [-0.4, -0.2) is 29.0 Å². The Bertz CT molecular complexity index is 643. The summed E-state index contributed by atoms with van der Waals surface area (Å²) >= 11 is 5.76. The third-order valence-electron chi connectivity index (χ3n) is 3.74. The van der Waals surface area contributed by atoms with E-state index in [0.717, 1.165) is 4.90 Å². The van der Waals surface area contributed by atoms with Crippen LogP contribution >= 0.6 is 11.6 Å². The molecule has 1 aromatic carbocycles. The minimum atomic E-state index is -2.67. The molecule has 0 radical (unpaired) electrons. The number of ether oxygens (including phenoxy) is 1. The average Bonchev–Trinajstić information content (AvgIpc) is 2.80. The van der Waals surface area contributed by atoms with E-state index in [9.17, 15) is 18.4 Å². The van der Waals surface area contributed by atoms with Crippen molar-refractivity contribution >= 4 is 23.6 Å². The van der Waals surface area contributed by atoms with Crippen LogP contribution in [-0.2, 0) is 16.0 Å². The van der Waals surface area contributed by atoms with Crippen LogP contribution in [0.15, 0.2) is 18.2 Å². The first-order valence-electron chi connectivity index (χ1n) is 7.69. The maximum absolute atomic E-state index is 13.1. The van der Waals surface area contributed by atoms with Gasteiger partial charge in [-0.3, -0.25) is 4.79 Å². The molecule has 0 spiro atoms. The highest BCUT2D eigenvalue weighted by atomic mass is 35.5. The molecule has 0 N–H and O–H groups in total. The van der Waals surface area contributed by atoms with E-state index in [1.54, 1.807) is 20.8 Å². The van der Waals surface area contributed by atoms with Gasteiger partial charge in [0, 0.05) is 23.0 Å². The Labute approximate surface area is 144 Å². The van der Waals surface area contributed by atoms with Crippen molar-refractivity contribution in [1.82, 2.24) is 4.90 Å². The summed E-state index contributed by atoms with van der Waals surface area (Å²) in [6.45, 7) is 5.37. The van der Waals surface area contributed by atoms with Crippen molar-refractivity contribution in [1.29, 1.82) is 0 Å². The number of carbonyl (C=O) groups excluding carboxylic acids is 2. The molecule has 4 nitrogen and oxygen atoms in total. The van der Waals surface area contributed by atoms with E-state index >= 15 is 0 Å². The number of benzene rings is 1. The monoisotopic (exact) mass is 359 g/mol. The Hall–Kier alpha value is -1.69. The predicted molar refractivity (Wildman–Crippen MR) is 86.2 cm³/mol. The second-order valence-electron chi connectivity index (χ2n) is 6.80. The second kappa shape index (κ2) is 7.05. The van der Waals surface area contributed by atoms with Crippen molar-refractivity contribution in [3.8, 4) is 0 Å². The van der Waals surface area contributed by atoms with Crippen LogP contribution in [0.5, 0.6) is 0 Å². The molecule has 0 bridgehead atoms. The van der Waals surface area contributed by atoms with Gasteiger partial charge in [0.2, 0.25) is 5.91 Å². The van der Waals surface area contributed by atoms with Crippen LogP contribution in [0.3, 0.4) is 0 Å². The Morgan fingerprint density at radius 2 is 2.08 bits per heavy atom.